The van der Waals surface area contributed by atoms with Crippen molar-refractivity contribution in [1.82, 2.24) is 0 Å². The molecule has 0 saturated carbocycles. The number of benzene rings is 2. The maximum Gasteiger partial charge on any atom is 0.257 e. The van der Waals surface area contributed by atoms with Crippen LogP contribution in [0.25, 0.3) is 0 Å². The smallest absolute Gasteiger partial charge is 0.257 e. The summed E-state index contributed by atoms with van der Waals surface area (Å²) in [7, 11) is 0. The van der Waals surface area contributed by atoms with E-state index in [1.54, 1.807) is 0 Å². The molecule has 21 heavy (non-hydrogen) atoms. The molecule has 0 bridgehead atoms. The van der Waals surface area contributed by atoms with Gasteiger partial charge in [0.25, 0.3) is 5.91 Å². The molecule has 1 aliphatic heterocycles. The quantitative estimate of drug-likeness (QED) is 0.875. The summed E-state index contributed by atoms with van der Waals surface area (Å²) in [5.41, 5.74) is 6.04. The van der Waals surface area contributed by atoms with E-state index in [2.05, 4.69) is 16.7 Å². The Kier molecular flexibility index (Phi) is 3.65. The standard InChI is InChI=1S/C18H20N2O/c1-12-6-3-7-13(2)16(12)20-18(21)15-10-4-8-14-9-5-11-19-17(14)15/h3-4,6-8,10,19H,5,9,11H2,1-2H3,(H,20,21). The molecule has 1 heterocycles. The Morgan fingerprint density at radius 1 is 1.10 bits per heavy atom. The van der Waals surface area contributed by atoms with Crippen LogP contribution >= 0.6 is 0 Å². The first kappa shape index (κ1) is 13.7. The number of para-hydroxylation sites is 2. The van der Waals surface area contributed by atoms with E-state index in [0.717, 1.165) is 47.5 Å². The van der Waals surface area contributed by atoms with E-state index in [1.165, 1.54) is 5.56 Å². The number of carbonyl (C=O) groups excluding carboxylic acids is 1. The summed E-state index contributed by atoms with van der Waals surface area (Å²) in [6.07, 6.45) is 2.15. The molecule has 0 aromatic heterocycles. The molecule has 2 N–H and O–H groups in total. The molecule has 0 radical (unpaired) electrons. The van der Waals surface area contributed by atoms with Gasteiger partial charge in [0.1, 0.15) is 0 Å². The molecular weight excluding hydrogens is 260 g/mol. The number of fused-ring (bicyclic) bond motifs is 1. The largest absolute Gasteiger partial charge is 0.384 e. The Bertz CT molecular complexity index is 671. The van der Waals surface area contributed by atoms with Gasteiger partial charge in [0.05, 0.1) is 11.3 Å². The Labute approximate surface area is 125 Å². The third-order valence-electron chi connectivity index (χ3n) is 4.04. The van der Waals surface area contributed by atoms with Crippen LogP contribution in [-0.2, 0) is 6.42 Å². The lowest BCUT2D eigenvalue weighted by molar-refractivity contribution is 0.102. The minimum Gasteiger partial charge on any atom is -0.384 e. The second-order valence-corrected chi connectivity index (χ2v) is 5.59. The SMILES string of the molecule is Cc1cccc(C)c1NC(=O)c1cccc2c1NCCC2. The van der Waals surface area contributed by atoms with Gasteiger partial charge in [-0.3, -0.25) is 4.79 Å². The van der Waals surface area contributed by atoms with E-state index in [4.69, 9.17) is 0 Å². The summed E-state index contributed by atoms with van der Waals surface area (Å²) in [6, 6.07) is 12.0. The predicted octanol–water partition coefficient (Wildman–Crippen LogP) is 3.91. The average Bonchev–Trinajstić information content (AvgIpc) is 2.50. The van der Waals surface area contributed by atoms with Crippen molar-refractivity contribution < 1.29 is 4.79 Å². The zero-order valence-corrected chi connectivity index (χ0v) is 12.5. The van der Waals surface area contributed by atoms with Crippen LogP contribution in [0.1, 0.15) is 33.5 Å². The Morgan fingerprint density at radius 3 is 2.57 bits per heavy atom. The fraction of sp³-hybridized carbons (Fsp3) is 0.278. The fourth-order valence-corrected chi connectivity index (χ4v) is 2.89. The highest BCUT2D eigenvalue weighted by molar-refractivity contribution is 6.09. The zero-order valence-electron chi connectivity index (χ0n) is 12.5. The van der Waals surface area contributed by atoms with Crippen LogP contribution in [0, 0.1) is 13.8 Å². The van der Waals surface area contributed by atoms with Gasteiger partial charge < -0.3 is 10.6 Å². The van der Waals surface area contributed by atoms with Gasteiger partial charge >= 0.3 is 0 Å². The van der Waals surface area contributed by atoms with Gasteiger partial charge in [-0.05, 0) is 49.4 Å². The summed E-state index contributed by atoms with van der Waals surface area (Å²) >= 11 is 0. The molecule has 2 aromatic carbocycles. The first-order chi connectivity index (χ1) is 10.2. The maximum absolute atomic E-state index is 12.6. The molecule has 3 nitrogen and oxygen atoms in total. The summed E-state index contributed by atoms with van der Waals surface area (Å²) in [4.78, 5) is 12.6. The van der Waals surface area contributed by atoms with Crippen LogP contribution in [0.2, 0.25) is 0 Å². The van der Waals surface area contributed by atoms with Crippen molar-refractivity contribution >= 4 is 17.3 Å². The molecule has 3 heteroatoms. The summed E-state index contributed by atoms with van der Waals surface area (Å²) < 4.78 is 0. The van der Waals surface area contributed by atoms with Gasteiger partial charge in [0, 0.05) is 12.2 Å². The molecule has 1 amide bonds. The van der Waals surface area contributed by atoms with Gasteiger partial charge in [-0.25, -0.2) is 0 Å². The molecule has 2 aromatic rings. The molecule has 0 atom stereocenters. The third-order valence-corrected chi connectivity index (χ3v) is 4.04. The highest BCUT2D eigenvalue weighted by Gasteiger charge is 2.18. The van der Waals surface area contributed by atoms with E-state index >= 15 is 0 Å². The van der Waals surface area contributed by atoms with Crippen molar-refractivity contribution in [1.29, 1.82) is 0 Å². The number of amides is 1. The van der Waals surface area contributed by atoms with Crippen molar-refractivity contribution in [3.8, 4) is 0 Å². The van der Waals surface area contributed by atoms with Crippen LogP contribution in [0.5, 0.6) is 0 Å². The van der Waals surface area contributed by atoms with E-state index in [9.17, 15) is 4.79 Å². The first-order valence-corrected chi connectivity index (χ1v) is 7.40. The summed E-state index contributed by atoms with van der Waals surface area (Å²) in [6.45, 7) is 4.96. The molecule has 0 spiro atoms. The minimum absolute atomic E-state index is 0.0429. The topological polar surface area (TPSA) is 41.1 Å². The van der Waals surface area contributed by atoms with Gasteiger partial charge in [-0.2, -0.15) is 0 Å². The molecule has 108 valence electrons. The van der Waals surface area contributed by atoms with E-state index in [-0.39, 0.29) is 5.91 Å². The van der Waals surface area contributed by atoms with Crippen molar-refractivity contribution in [2.24, 2.45) is 0 Å². The van der Waals surface area contributed by atoms with Crippen LogP contribution in [-0.4, -0.2) is 12.5 Å². The van der Waals surface area contributed by atoms with Crippen molar-refractivity contribution in [3.05, 3.63) is 58.7 Å². The average molecular weight is 280 g/mol. The van der Waals surface area contributed by atoms with Crippen molar-refractivity contribution in [2.75, 3.05) is 17.2 Å². The lowest BCUT2D eigenvalue weighted by Gasteiger charge is -2.21. The molecule has 0 unspecified atom stereocenters. The number of hydrogen-bond acceptors (Lipinski definition) is 2. The number of aryl methyl sites for hydroxylation is 3. The Morgan fingerprint density at radius 2 is 1.81 bits per heavy atom. The zero-order chi connectivity index (χ0) is 14.8. The third kappa shape index (κ3) is 2.64. The predicted molar refractivity (Wildman–Crippen MR) is 87.1 cm³/mol. The molecule has 0 aliphatic carbocycles. The van der Waals surface area contributed by atoms with E-state index in [0.29, 0.717) is 0 Å². The van der Waals surface area contributed by atoms with E-state index in [1.807, 2.05) is 44.2 Å². The van der Waals surface area contributed by atoms with Crippen LogP contribution < -0.4 is 10.6 Å². The van der Waals surface area contributed by atoms with E-state index < -0.39 is 0 Å². The van der Waals surface area contributed by atoms with Crippen molar-refractivity contribution in [3.63, 3.8) is 0 Å². The highest BCUT2D eigenvalue weighted by Crippen LogP contribution is 2.27. The molecular formula is C18H20N2O. The number of rotatable bonds is 2. The minimum atomic E-state index is -0.0429. The van der Waals surface area contributed by atoms with Gasteiger partial charge in [-0.1, -0.05) is 30.3 Å². The molecule has 0 fully saturated rings. The maximum atomic E-state index is 12.6. The van der Waals surface area contributed by atoms with Gasteiger partial charge in [-0.15, -0.1) is 0 Å². The molecule has 3 rings (SSSR count). The lowest BCUT2D eigenvalue weighted by Crippen LogP contribution is -2.20. The molecule has 0 saturated heterocycles. The number of carbonyl (C=O) groups is 1. The van der Waals surface area contributed by atoms with Crippen LogP contribution in [0.4, 0.5) is 11.4 Å². The normalized spacial score (nSPS) is 13.2. The second-order valence-electron chi connectivity index (χ2n) is 5.59. The second kappa shape index (κ2) is 5.60. The first-order valence-electron chi connectivity index (χ1n) is 7.40. The summed E-state index contributed by atoms with van der Waals surface area (Å²) in [5, 5.41) is 6.43. The van der Waals surface area contributed by atoms with Gasteiger partial charge in [0.15, 0.2) is 0 Å². The number of nitrogens with one attached hydrogen (secondary N) is 2. The molecule has 1 aliphatic rings. The number of anilines is 2. The van der Waals surface area contributed by atoms with Gasteiger partial charge in [0.2, 0.25) is 0 Å². The monoisotopic (exact) mass is 280 g/mol. The van der Waals surface area contributed by atoms with Crippen LogP contribution in [0.15, 0.2) is 36.4 Å². The Balaban J connectivity index is 1.93. The fourth-order valence-electron chi connectivity index (χ4n) is 2.89. The van der Waals surface area contributed by atoms with Crippen LogP contribution in [0.3, 0.4) is 0 Å². The Hall–Kier alpha value is -2.29. The summed E-state index contributed by atoms with van der Waals surface area (Å²) in [5.74, 6) is -0.0429. The number of hydrogen-bond donors (Lipinski definition) is 2. The highest BCUT2D eigenvalue weighted by atomic mass is 16.1. The van der Waals surface area contributed by atoms with Crippen molar-refractivity contribution in [2.45, 2.75) is 26.7 Å². The lowest BCUT2D eigenvalue weighted by atomic mass is 9.99.